The first kappa shape index (κ1) is 13.2. The highest BCUT2D eigenvalue weighted by Crippen LogP contribution is 2.25. The maximum absolute atomic E-state index is 9.87. The number of benzene rings is 1. The van der Waals surface area contributed by atoms with Crippen LogP contribution in [0.3, 0.4) is 0 Å². The second-order valence-electron chi connectivity index (χ2n) is 4.69. The average molecular weight is 251 g/mol. The molecule has 18 heavy (non-hydrogen) atoms. The lowest BCUT2D eigenvalue weighted by molar-refractivity contribution is 0.0846. The first-order valence-corrected chi connectivity index (χ1v) is 6.36. The Bertz CT molecular complexity index is 395. The number of phenolic OH excluding ortho intramolecular Hbond substituents is 1. The van der Waals surface area contributed by atoms with E-state index in [0.29, 0.717) is 24.4 Å². The van der Waals surface area contributed by atoms with Gasteiger partial charge in [-0.15, -0.1) is 0 Å². The highest BCUT2D eigenvalue weighted by Gasteiger charge is 2.26. The Morgan fingerprint density at radius 3 is 2.83 bits per heavy atom. The minimum atomic E-state index is 0.272. The Kier molecular flexibility index (Phi) is 4.44. The molecule has 1 fully saturated rings. The molecule has 4 heteroatoms. The van der Waals surface area contributed by atoms with Gasteiger partial charge in [0.05, 0.1) is 13.2 Å². The van der Waals surface area contributed by atoms with Gasteiger partial charge in [-0.05, 0) is 25.3 Å². The van der Waals surface area contributed by atoms with Crippen molar-refractivity contribution in [1.82, 2.24) is 5.32 Å². The monoisotopic (exact) mass is 251 g/mol. The van der Waals surface area contributed by atoms with E-state index >= 15 is 0 Å². The molecular formula is C14H21NO3. The number of nitrogens with one attached hydrogen (secondary N) is 1. The Morgan fingerprint density at radius 2 is 2.17 bits per heavy atom. The second kappa shape index (κ2) is 6.07. The summed E-state index contributed by atoms with van der Waals surface area (Å²) in [4.78, 5) is 0. The minimum Gasteiger partial charge on any atom is -0.507 e. The second-order valence-corrected chi connectivity index (χ2v) is 4.69. The van der Waals surface area contributed by atoms with Crippen LogP contribution >= 0.6 is 0 Å². The normalized spacial score (nSPS) is 23.2. The predicted octanol–water partition coefficient (Wildman–Crippen LogP) is 2.06. The summed E-state index contributed by atoms with van der Waals surface area (Å²) in [6.45, 7) is 0.653. The SMILES string of the molecule is COc1ccc(CNC2CCCC2OC)c(O)c1. The molecule has 0 aromatic heterocycles. The highest BCUT2D eigenvalue weighted by atomic mass is 16.5. The summed E-state index contributed by atoms with van der Waals surface area (Å²) < 4.78 is 10.5. The van der Waals surface area contributed by atoms with E-state index in [4.69, 9.17) is 9.47 Å². The van der Waals surface area contributed by atoms with Gasteiger partial charge in [-0.1, -0.05) is 6.07 Å². The van der Waals surface area contributed by atoms with Crippen LogP contribution in [-0.4, -0.2) is 31.5 Å². The van der Waals surface area contributed by atoms with E-state index in [1.54, 1.807) is 20.3 Å². The summed E-state index contributed by atoms with van der Waals surface area (Å²) in [7, 11) is 3.35. The number of methoxy groups -OCH3 is 2. The van der Waals surface area contributed by atoms with Crippen LogP contribution < -0.4 is 10.1 Å². The molecule has 1 aliphatic rings. The van der Waals surface area contributed by atoms with Gasteiger partial charge in [0.2, 0.25) is 0 Å². The zero-order valence-electron chi connectivity index (χ0n) is 11.0. The summed E-state index contributed by atoms with van der Waals surface area (Å²) in [6.07, 6.45) is 3.74. The van der Waals surface area contributed by atoms with E-state index in [1.807, 2.05) is 12.1 Å². The van der Waals surface area contributed by atoms with E-state index in [9.17, 15) is 5.11 Å². The fourth-order valence-electron chi connectivity index (χ4n) is 2.50. The van der Waals surface area contributed by atoms with E-state index in [1.165, 1.54) is 6.42 Å². The van der Waals surface area contributed by atoms with Crippen LogP contribution in [0.1, 0.15) is 24.8 Å². The van der Waals surface area contributed by atoms with Crippen LogP contribution in [0.15, 0.2) is 18.2 Å². The smallest absolute Gasteiger partial charge is 0.123 e. The number of hydrogen-bond acceptors (Lipinski definition) is 4. The van der Waals surface area contributed by atoms with Gasteiger partial charge >= 0.3 is 0 Å². The predicted molar refractivity (Wildman–Crippen MR) is 69.9 cm³/mol. The first-order chi connectivity index (χ1) is 8.74. The molecule has 0 radical (unpaired) electrons. The molecular weight excluding hydrogens is 230 g/mol. The zero-order valence-corrected chi connectivity index (χ0v) is 11.0. The highest BCUT2D eigenvalue weighted by molar-refractivity contribution is 5.39. The lowest BCUT2D eigenvalue weighted by atomic mass is 10.1. The third kappa shape index (κ3) is 2.94. The molecule has 2 atom stereocenters. The van der Waals surface area contributed by atoms with Crippen LogP contribution in [0.25, 0.3) is 0 Å². The van der Waals surface area contributed by atoms with Crippen LogP contribution in [0, 0.1) is 0 Å². The van der Waals surface area contributed by atoms with E-state index in [0.717, 1.165) is 18.4 Å². The number of hydrogen-bond donors (Lipinski definition) is 2. The minimum absolute atomic E-state index is 0.272. The van der Waals surface area contributed by atoms with Crippen molar-refractivity contribution in [2.75, 3.05) is 14.2 Å². The van der Waals surface area contributed by atoms with Gasteiger partial charge in [-0.25, -0.2) is 0 Å². The van der Waals surface area contributed by atoms with Crippen LogP contribution in [0.4, 0.5) is 0 Å². The quantitative estimate of drug-likeness (QED) is 0.841. The van der Waals surface area contributed by atoms with Crippen LogP contribution in [0.5, 0.6) is 11.5 Å². The molecule has 2 rings (SSSR count). The summed E-state index contributed by atoms with van der Waals surface area (Å²) in [5.74, 6) is 0.945. The van der Waals surface area contributed by atoms with Crippen molar-refractivity contribution in [3.63, 3.8) is 0 Å². The van der Waals surface area contributed by atoms with E-state index in [2.05, 4.69) is 5.32 Å². The van der Waals surface area contributed by atoms with Crippen molar-refractivity contribution >= 4 is 0 Å². The van der Waals surface area contributed by atoms with Gasteiger partial charge in [0.15, 0.2) is 0 Å². The first-order valence-electron chi connectivity index (χ1n) is 6.36. The summed E-state index contributed by atoms with van der Waals surface area (Å²) in [6, 6.07) is 5.77. The molecule has 1 aromatic carbocycles. The lowest BCUT2D eigenvalue weighted by Crippen LogP contribution is -2.36. The molecule has 1 saturated carbocycles. The third-order valence-electron chi connectivity index (χ3n) is 3.60. The molecule has 1 aliphatic carbocycles. The molecule has 0 bridgehead atoms. The lowest BCUT2D eigenvalue weighted by Gasteiger charge is -2.20. The molecule has 2 N–H and O–H groups in total. The molecule has 0 aliphatic heterocycles. The number of phenols is 1. The molecule has 4 nitrogen and oxygen atoms in total. The zero-order chi connectivity index (χ0) is 13.0. The number of ether oxygens (including phenoxy) is 2. The molecule has 2 unspecified atom stereocenters. The van der Waals surface area contributed by atoms with Gasteiger partial charge in [0.1, 0.15) is 11.5 Å². The van der Waals surface area contributed by atoms with E-state index < -0.39 is 0 Å². The molecule has 0 spiro atoms. The van der Waals surface area contributed by atoms with Crippen molar-refractivity contribution in [2.45, 2.75) is 38.0 Å². The molecule has 0 saturated heterocycles. The Balaban J connectivity index is 1.93. The van der Waals surface area contributed by atoms with Crippen molar-refractivity contribution < 1.29 is 14.6 Å². The standard InChI is InChI=1S/C14H21NO3/c1-17-11-7-6-10(13(16)8-11)9-15-12-4-3-5-14(12)18-2/h6-8,12,14-16H,3-5,9H2,1-2H3. The fourth-order valence-corrected chi connectivity index (χ4v) is 2.50. The Labute approximate surface area is 108 Å². The van der Waals surface area contributed by atoms with Crippen LogP contribution in [-0.2, 0) is 11.3 Å². The summed E-state index contributed by atoms with van der Waals surface area (Å²) >= 11 is 0. The van der Waals surface area contributed by atoms with Crippen molar-refractivity contribution in [3.05, 3.63) is 23.8 Å². The van der Waals surface area contributed by atoms with Gasteiger partial charge in [0.25, 0.3) is 0 Å². The molecule has 0 amide bonds. The van der Waals surface area contributed by atoms with Crippen molar-refractivity contribution in [1.29, 1.82) is 0 Å². The third-order valence-corrected chi connectivity index (χ3v) is 3.60. The fraction of sp³-hybridized carbons (Fsp3) is 0.571. The Hall–Kier alpha value is -1.26. The largest absolute Gasteiger partial charge is 0.507 e. The molecule has 1 aromatic rings. The maximum Gasteiger partial charge on any atom is 0.123 e. The summed E-state index contributed by atoms with van der Waals surface area (Å²) in [5.41, 5.74) is 0.887. The van der Waals surface area contributed by atoms with Gasteiger partial charge < -0.3 is 19.9 Å². The van der Waals surface area contributed by atoms with Gasteiger partial charge in [-0.3, -0.25) is 0 Å². The molecule has 100 valence electrons. The van der Waals surface area contributed by atoms with Crippen LogP contribution in [0.2, 0.25) is 0 Å². The van der Waals surface area contributed by atoms with Crippen molar-refractivity contribution in [2.24, 2.45) is 0 Å². The average Bonchev–Trinajstić information content (AvgIpc) is 2.84. The van der Waals surface area contributed by atoms with Gasteiger partial charge in [0, 0.05) is 31.3 Å². The van der Waals surface area contributed by atoms with Crippen molar-refractivity contribution in [3.8, 4) is 11.5 Å². The number of aromatic hydroxyl groups is 1. The maximum atomic E-state index is 9.87. The topological polar surface area (TPSA) is 50.7 Å². The molecule has 0 heterocycles. The van der Waals surface area contributed by atoms with Gasteiger partial charge in [-0.2, -0.15) is 0 Å². The van der Waals surface area contributed by atoms with E-state index in [-0.39, 0.29) is 5.75 Å². The summed E-state index contributed by atoms with van der Waals surface area (Å²) in [5, 5.41) is 13.3. The number of rotatable bonds is 5. The Morgan fingerprint density at radius 1 is 1.33 bits per heavy atom.